The summed E-state index contributed by atoms with van der Waals surface area (Å²) in [4.78, 5) is 56.2. The molecule has 6 rings (SSSR count). The molecule has 2 amide bonds. The molecule has 0 aliphatic carbocycles. The number of β-lactam (4-membered cyclic amide) rings is 1. The van der Waals surface area contributed by atoms with E-state index in [1.807, 2.05) is 72.8 Å². The molecule has 2 aliphatic rings. The van der Waals surface area contributed by atoms with Crippen LogP contribution in [-0.2, 0) is 24.0 Å². The number of carbonyl (C=O) groups excluding carboxylic acids is 3. The van der Waals surface area contributed by atoms with Crippen LogP contribution in [-0.4, -0.2) is 73.1 Å². The number of hydrogen-bond acceptors (Lipinski definition) is 12. The summed E-state index contributed by atoms with van der Waals surface area (Å²) in [6.45, 7) is 3.67. The van der Waals surface area contributed by atoms with Crippen molar-refractivity contribution in [2.75, 3.05) is 24.6 Å². The molecule has 3 N–H and O–H groups in total. The van der Waals surface area contributed by atoms with Crippen molar-refractivity contribution in [3.8, 4) is 0 Å². The van der Waals surface area contributed by atoms with E-state index in [0.29, 0.717) is 0 Å². The predicted octanol–water partition coefficient (Wildman–Crippen LogP) is 3.85. The maximum Gasteiger partial charge on any atom is 0.319 e. The summed E-state index contributed by atoms with van der Waals surface area (Å²) in [6, 6.07) is 21.8. The first-order valence-corrected chi connectivity index (χ1v) is 16.7. The summed E-state index contributed by atoms with van der Waals surface area (Å²) < 4.78 is 10.4. The van der Waals surface area contributed by atoms with Crippen LogP contribution < -0.4 is 11.1 Å². The maximum absolute atomic E-state index is 14.3. The van der Waals surface area contributed by atoms with E-state index >= 15 is 0 Å². The Morgan fingerprint density at radius 2 is 1.85 bits per heavy atom. The number of hydrogen-bond donors (Lipinski definition) is 2. The third kappa shape index (κ3) is 6.99. The maximum atomic E-state index is 14.3. The standard InChI is InChI=1S/C34H31N7O5S2/c1-2-18-45-39-25(28-38-33(35)48-40-28)29(42)37-26-30(43)41-20-34(21-47-31(26)41,16-15-22-10-9-17-36-19-22)32(44)46-27(23-11-5-3-6-12-23)24-13-7-4-8-14-24/h2-17,19,26-27,31H,1,18,20-21H2,(H,37,42)(H2,35,38,40)/t26?,31-,34?/m1/s1. The minimum Gasteiger partial charge on any atom is -0.452 e. The lowest BCUT2D eigenvalue weighted by atomic mass is 9.85. The second-order valence-electron chi connectivity index (χ2n) is 11.0. The Kier molecular flexibility index (Phi) is 9.92. The fraction of sp³-hybridized carbons (Fsp3) is 0.206. The smallest absolute Gasteiger partial charge is 0.319 e. The third-order valence-corrected chi connectivity index (χ3v) is 9.82. The largest absolute Gasteiger partial charge is 0.452 e. The number of oxime groups is 1. The Labute approximate surface area is 284 Å². The Morgan fingerprint density at radius 1 is 1.12 bits per heavy atom. The molecule has 0 radical (unpaired) electrons. The summed E-state index contributed by atoms with van der Waals surface area (Å²) >= 11 is 2.28. The van der Waals surface area contributed by atoms with Gasteiger partial charge in [0, 0.05) is 36.2 Å². The molecule has 2 aromatic heterocycles. The average molecular weight is 682 g/mol. The lowest BCUT2D eigenvalue weighted by molar-refractivity contribution is -0.162. The molecule has 14 heteroatoms. The molecule has 4 aromatic rings. The van der Waals surface area contributed by atoms with Crippen molar-refractivity contribution in [2.45, 2.75) is 17.5 Å². The van der Waals surface area contributed by atoms with E-state index in [-0.39, 0.29) is 41.5 Å². The van der Waals surface area contributed by atoms with Gasteiger partial charge in [-0.1, -0.05) is 96.7 Å². The number of fused-ring (bicyclic) bond motifs is 1. The number of amides is 2. The van der Waals surface area contributed by atoms with E-state index in [2.05, 4.69) is 31.4 Å². The van der Waals surface area contributed by atoms with Crippen molar-refractivity contribution < 1.29 is 24.0 Å². The number of nitrogens with zero attached hydrogens (tertiary/aromatic N) is 5. The number of benzene rings is 2. The van der Waals surface area contributed by atoms with Crippen LogP contribution in [0.25, 0.3) is 6.08 Å². The fourth-order valence-electron chi connectivity index (χ4n) is 5.31. The molecule has 0 bridgehead atoms. The minimum absolute atomic E-state index is 0.0207. The van der Waals surface area contributed by atoms with Crippen molar-refractivity contribution in [1.29, 1.82) is 0 Å². The Morgan fingerprint density at radius 3 is 2.48 bits per heavy atom. The van der Waals surface area contributed by atoms with Crippen molar-refractivity contribution in [1.82, 2.24) is 24.6 Å². The van der Waals surface area contributed by atoms with Crippen molar-refractivity contribution >= 4 is 58.0 Å². The van der Waals surface area contributed by atoms with Gasteiger partial charge in [0.15, 0.2) is 11.2 Å². The quantitative estimate of drug-likeness (QED) is 0.0561. The molecule has 3 atom stereocenters. The first-order valence-electron chi connectivity index (χ1n) is 14.9. The van der Waals surface area contributed by atoms with E-state index in [4.69, 9.17) is 15.3 Å². The van der Waals surface area contributed by atoms with E-state index in [1.54, 1.807) is 29.4 Å². The number of pyridine rings is 1. The number of nitrogens with two attached hydrogens (primary N) is 1. The molecule has 0 saturated carbocycles. The topological polar surface area (TPSA) is 162 Å². The number of nitrogen functional groups attached to an aromatic ring is 1. The number of carbonyl (C=O) groups is 3. The Bertz CT molecular complexity index is 1800. The molecule has 2 aromatic carbocycles. The lowest BCUT2D eigenvalue weighted by Crippen LogP contribution is -2.74. The molecule has 4 heterocycles. The highest BCUT2D eigenvalue weighted by Gasteiger charge is 2.57. The van der Waals surface area contributed by atoms with E-state index < -0.39 is 34.8 Å². The van der Waals surface area contributed by atoms with Gasteiger partial charge in [0.2, 0.25) is 17.4 Å². The van der Waals surface area contributed by atoms with E-state index in [0.717, 1.165) is 28.2 Å². The van der Waals surface area contributed by atoms with Crippen molar-refractivity contribution in [2.24, 2.45) is 10.6 Å². The van der Waals surface area contributed by atoms with Crippen LogP contribution in [0.4, 0.5) is 5.13 Å². The molecular formula is C34H31N7O5S2. The van der Waals surface area contributed by atoms with E-state index in [1.165, 1.54) is 17.8 Å². The zero-order chi connectivity index (χ0) is 33.5. The van der Waals surface area contributed by atoms with Crippen LogP contribution in [0.2, 0.25) is 0 Å². The highest BCUT2D eigenvalue weighted by atomic mass is 32.2. The molecule has 2 saturated heterocycles. The highest BCUT2D eigenvalue weighted by Crippen LogP contribution is 2.45. The van der Waals surface area contributed by atoms with Gasteiger partial charge in [0.1, 0.15) is 23.4 Å². The summed E-state index contributed by atoms with van der Waals surface area (Å²) in [7, 11) is 0. The van der Waals surface area contributed by atoms with Crippen LogP contribution in [0, 0.1) is 5.41 Å². The first-order chi connectivity index (χ1) is 23.4. The minimum atomic E-state index is -1.20. The number of esters is 1. The van der Waals surface area contributed by atoms with Crippen LogP contribution in [0.15, 0.2) is 109 Å². The van der Waals surface area contributed by atoms with Crippen molar-refractivity contribution in [3.05, 3.63) is 126 Å². The van der Waals surface area contributed by atoms with Crippen LogP contribution in [0.5, 0.6) is 0 Å². The zero-order valence-corrected chi connectivity index (χ0v) is 27.2. The van der Waals surface area contributed by atoms with Gasteiger partial charge in [-0.15, -0.1) is 11.8 Å². The Balaban J connectivity index is 1.24. The second kappa shape index (κ2) is 14.6. The lowest BCUT2D eigenvalue weighted by Gasteiger charge is -2.53. The number of thioether (sulfide) groups is 1. The molecule has 0 spiro atoms. The van der Waals surface area contributed by atoms with Gasteiger partial charge in [-0.2, -0.15) is 9.36 Å². The second-order valence-corrected chi connectivity index (χ2v) is 12.9. The summed E-state index contributed by atoms with van der Waals surface area (Å²) in [5, 5.41) is 6.32. The number of rotatable bonds is 12. The average Bonchev–Trinajstić information content (AvgIpc) is 3.56. The number of ether oxygens (including phenoxy) is 1. The molecule has 48 heavy (non-hydrogen) atoms. The molecule has 2 aliphatic heterocycles. The van der Waals surface area contributed by atoms with Gasteiger partial charge >= 0.3 is 5.97 Å². The van der Waals surface area contributed by atoms with Gasteiger partial charge in [-0.25, -0.2) is 0 Å². The summed E-state index contributed by atoms with van der Waals surface area (Å²) in [5.41, 5.74) is 6.73. The Hall–Kier alpha value is -5.34. The fourth-order valence-corrected chi connectivity index (χ4v) is 7.25. The molecule has 244 valence electrons. The third-order valence-electron chi connectivity index (χ3n) is 7.72. The summed E-state index contributed by atoms with van der Waals surface area (Å²) in [6.07, 6.45) is 7.77. The van der Waals surface area contributed by atoms with Gasteiger partial charge in [-0.3, -0.25) is 19.4 Å². The van der Waals surface area contributed by atoms with Crippen LogP contribution >= 0.6 is 23.3 Å². The first kappa shape index (κ1) is 32.6. The SMILES string of the molecule is C=CCON=C(C(=O)NC1C(=O)N2CC(C=Cc3cccnc3)(C(=O)OC(c3ccccc3)c3ccccc3)CS[C@H]12)c1nsc(N)n1. The summed E-state index contributed by atoms with van der Waals surface area (Å²) in [5.74, 6) is -1.27. The predicted molar refractivity (Wildman–Crippen MR) is 183 cm³/mol. The molecule has 2 fully saturated rings. The molecule has 12 nitrogen and oxygen atoms in total. The van der Waals surface area contributed by atoms with Gasteiger partial charge in [0.25, 0.3) is 5.91 Å². The number of anilines is 1. The normalized spacial score (nSPS) is 20.6. The number of nitrogens with one attached hydrogen (secondary N) is 1. The van der Waals surface area contributed by atoms with Crippen LogP contribution in [0.3, 0.4) is 0 Å². The van der Waals surface area contributed by atoms with Crippen molar-refractivity contribution in [3.63, 3.8) is 0 Å². The van der Waals surface area contributed by atoms with Gasteiger partial charge in [0.05, 0.1) is 0 Å². The monoisotopic (exact) mass is 681 g/mol. The highest BCUT2D eigenvalue weighted by molar-refractivity contribution is 8.00. The van der Waals surface area contributed by atoms with E-state index in [9.17, 15) is 14.4 Å². The van der Waals surface area contributed by atoms with Gasteiger partial charge < -0.3 is 25.5 Å². The zero-order valence-electron chi connectivity index (χ0n) is 25.5. The van der Waals surface area contributed by atoms with Gasteiger partial charge in [-0.05, 0) is 22.8 Å². The number of aromatic nitrogens is 3. The van der Waals surface area contributed by atoms with Crippen LogP contribution in [0.1, 0.15) is 28.6 Å². The molecule has 2 unspecified atom stereocenters. The molecular weight excluding hydrogens is 651 g/mol.